The number of halogens is 1. The zero-order valence-electron chi connectivity index (χ0n) is 14.5. The van der Waals surface area contributed by atoms with E-state index in [1.165, 1.54) is 11.3 Å². The summed E-state index contributed by atoms with van der Waals surface area (Å²) in [6.45, 7) is 0.377. The fourth-order valence-corrected chi connectivity index (χ4v) is 3.17. The molecule has 1 aromatic heterocycles. The number of carbonyl (C=O) groups excluding carboxylic acids is 2. The smallest absolute Gasteiger partial charge is 0.265 e. The molecule has 3 aromatic rings. The quantitative estimate of drug-likeness (QED) is 0.635. The summed E-state index contributed by atoms with van der Waals surface area (Å²) in [7, 11) is 1.60. The van der Waals surface area contributed by atoms with Crippen LogP contribution < -0.4 is 15.4 Å². The topological polar surface area (TPSA) is 67.4 Å². The van der Waals surface area contributed by atoms with Crippen molar-refractivity contribution in [2.24, 2.45) is 0 Å². The number of amides is 2. The van der Waals surface area contributed by atoms with Gasteiger partial charge >= 0.3 is 0 Å². The van der Waals surface area contributed by atoms with E-state index in [4.69, 9.17) is 16.3 Å². The number of carbonyl (C=O) groups is 2. The molecule has 2 amide bonds. The zero-order chi connectivity index (χ0) is 19.2. The van der Waals surface area contributed by atoms with Crippen LogP contribution in [0.2, 0.25) is 5.02 Å². The number of hydrogen-bond donors (Lipinski definition) is 2. The maximum atomic E-state index is 12.4. The maximum absolute atomic E-state index is 12.4. The largest absolute Gasteiger partial charge is 0.497 e. The second kappa shape index (κ2) is 8.70. The van der Waals surface area contributed by atoms with Crippen LogP contribution in [0.3, 0.4) is 0 Å². The number of benzene rings is 2. The summed E-state index contributed by atoms with van der Waals surface area (Å²) in [5.74, 6) is 0.241. The Morgan fingerprint density at radius 2 is 1.85 bits per heavy atom. The van der Waals surface area contributed by atoms with Crippen molar-refractivity contribution in [2.75, 3.05) is 12.4 Å². The molecule has 0 aliphatic carbocycles. The van der Waals surface area contributed by atoms with Gasteiger partial charge in [0, 0.05) is 12.1 Å². The molecule has 0 unspecified atom stereocenters. The third-order valence-electron chi connectivity index (χ3n) is 3.83. The molecule has 7 heteroatoms. The predicted octanol–water partition coefficient (Wildman–Crippen LogP) is 4.59. The summed E-state index contributed by atoms with van der Waals surface area (Å²) >= 11 is 7.48. The molecule has 27 heavy (non-hydrogen) atoms. The summed E-state index contributed by atoms with van der Waals surface area (Å²) in [5, 5.41) is 7.77. The van der Waals surface area contributed by atoms with E-state index in [-0.39, 0.29) is 11.8 Å². The number of nitrogens with one attached hydrogen (secondary N) is 2. The van der Waals surface area contributed by atoms with Crippen LogP contribution in [0.4, 0.5) is 5.69 Å². The third-order valence-corrected chi connectivity index (χ3v) is 5.03. The normalized spacial score (nSPS) is 10.3. The monoisotopic (exact) mass is 400 g/mol. The van der Waals surface area contributed by atoms with Crippen molar-refractivity contribution < 1.29 is 14.3 Å². The van der Waals surface area contributed by atoms with E-state index >= 15 is 0 Å². The van der Waals surface area contributed by atoms with Gasteiger partial charge in [-0.05, 0) is 47.3 Å². The van der Waals surface area contributed by atoms with Gasteiger partial charge in [0.1, 0.15) is 5.75 Å². The minimum atomic E-state index is -0.261. The molecule has 0 aliphatic rings. The molecule has 0 fully saturated rings. The lowest BCUT2D eigenvalue weighted by atomic mass is 10.1. The first-order valence-electron chi connectivity index (χ1n) is 8.12. The van der Waals surface area contributed by atoms with Gasteiger partial charge in [0.2, 0.25) is 0 Å². The highest BCUT2D eigenvalue weighted by Crippen LogP contribution is 2.24. The van der Waals surface area contributed by atoms with Gasteiger partial charge in [0.15, 0.2) is 0 Å². The molecule has 3 rings (SSSR count). The zero-order valence-corrected chi connectivity index (χ0v) is 16.1. The lowest BCUT2D eigenvalue weighted by molar-refractivity contribution is 0.0949. The van der Waals surface area contributed by atoms with Crippen LogP contribution in [-0.2, 0) is 6.54 Å². The summed E-state index contributed by atoms with van der Waals surface area (Å²) in [4.78, 5) is 25.2. The van der Waals surface area contributed by atoms with Crippen LogP contribution in [0.5, 0.6) is 5.75 Å². The standard InChI is InChI=1S/C20H17ClN2O3S/c1-26-15-7-4-13(5-8-15)12-22-19(24)14-6-9-16(21)17(11-14)23-20(25)18-3-2-10-27-18/h2-11H,12H2,1H3,(H,22,24)(H,23,25). The second-order valence-electron chi connectivity index (χ2n) is 5.66. The van der Waals surface area contributed by atoms with Gasteiger partial charge in [-0.1, -0.05) is 29.8 Å². The van der Waals surface area contributed by atoms with Gasteiger partial charge in [-0.3, -0.25) is 9.59 Å². The van der Waals surface area contributed by atoms with Crippen molar-refractivity contribution in [3.05, 3.63) is 81.0 Å². The van der Waals surface area contributed by atoms with E-state index in [0.29, 0.717) is 27.7 Å². The average molecular weight is 401 g/mol. The van der Waals surface area contributed by atoms with Crippen LogP contribution in [-0.4, -0.2) is 18.9 Å². The maximum Gasteiger partial charge on any atom is 0.265 e. The van der Waals surface area contributed by atoms with Gasteiger partial charge in [0.05, 0.1) is 22.7 Å². The Morgan fingerprint density at radius 3 is 2.52 bits per heavy atom. The number of rotatable bonds is 6. The van der Waals surface area contributed by atoms with Crippen LogP contribution in [0.25, 0.3) is 0 Å². The van der Waals surface area contributed by atoms with E-state index in [1.807, 2.05) is 29.6 Å². The van der Waals surface area contributed by atoms with Gasteiger partial charge in [-0.2, -0.15) is 0 Å². The Kier molecular flexibility index (Phi) is 6.11. The minimum Gasteiger partial charge on any atom is -0.497 e. The van der Waals surface area contributed by atoms with E-state index in [9.17, 15) is 9.59 Å². The lowest BCUT2D eigenvalue weighted by Crippen LogP contribution is -2.23. The molecular weight excluding hydrogens is 384 g/mol. The van der Waals surface area contributed by atoms with Gasteiger partial charge in [-0.15, -0.1) is 11.3 Å². The average Bonchev–Trinajstić information content (AvgIpc) is 3.23. The third kappa shape index (κ3) is 4.87. The van der Waals surface area contributed by atoms with E-state index in [0.717, 1.165) is 11.3 Å². The first-order valence-corrected chi connectivity index (χ1v) is 9.38. The molecule has 0 bridgehead atoms. The highest BCUT2D eigenvalue weighted by atomic mass is 35.5. The Hall–Kier alpha value is -2.83. The number of anilines is 1. The molecular formula is C20H17ClN2O3S. The first-order chi connectivity index (χ1) is 13.1. The van der Waals surface area contributed by atoms with Crippen molar-refractivity contribution in [3.63, 3.8) is 0 Å². The summed E-state index contributed by atoms with van der Waals surface area (Å²) in [6.07, 6.45) is 0. The number of ether oxygens (including phenoxy) is 1. The van der Waals surface area contributed by atoms with Crippen LogP contribution in [0.15, 0.2) is 60.0 Å². The van der Waals surface area contributed by atoms with Crippen molar-refractivity contribution >= 4 is 40.4 Å². The molecule has 0 saturated carbocycles. The molecule has 0 radical (unpaired) electrons. The Labute approximate surface area is 165 Å². The number of methoxy groups -OCH3 is 1. The fourth-order valence-electron chi connectivity index (χ4n) is 2.38. The molecule has 0 saturated heterocycles. The highest BCUT2D eigenvalue weighted by Gasteiger charge is 2.13. The SMILES string of the molecule is COc1ccc(CNC(=O)c2ccc(Cl)c(NC(=O)c3cccs3)c2)cc1. The van der Waals surface area contributed by atoms with E-state index < -0.39 is 0 Å². The molecule has 2 N–H and O–H groups in total. The lowest BCUT2D eigenvalue weighted by Gasteiger charge is -2.10. The minimum absolute atomic E-state index is 0.255. The highest BCUT2D eigenvalue weighted by molar-refractivity contribution is 7.12. The molecule has 138 valence electrons. The van der Waals surface area contributed by atoms with Crippen molar-refractivity contribution in [2.45, 2.75) is 6.54 Å². The molecule has 2 aromatic carbocycles. The van der Waals surface area contributed by atoms with Crippen LogP contribution >= 0.6 is 22.9 Å². The summed E-state index contributed by atoms with van der Waals surface area (Å²) < 4.78 is 5.11. The molecule has 0 atom stereocenters. The molecule has 0 aliphatic heterocycles. The van der Waals surface area contributed by atoms with Crippen molar-refractivity contribution in [1.29, 1.82) is 0 Å². The Balaban J connectivity index is 1.66. The predicted molar refractivity (Wildman–Crippen MR) is 108 cm³/mol. The van der Waals surface area contributed by atoms with Crippen molar-refractivity contribution in [1.82, 2.24) is 5.32 Å². The number of thiophene rings is 1. The Morgan fingerprint density at radius 1 is 1.07 bits per heavy atom. The van der Waals surface area contributed by atoms with E-state index in [1.54, 1.807) is 37.4 Å². The summed E-state index contributed by atoms with van der Waals surface area (Å²) in [5.41, 5.74) is 1.76. The van der Waals surface area contributed by atoms with E-state index in [2.05, 4.69) is 10.6 Å². The Bertz CT molecular complexity index is 940. The number of hydrogen-bond acceptors (Lipinski definition) is 4. The van der Waals surface area contributed by atoms with Crippen LogP contribution in [0.1, 0.15) is 25.6 Å². The molecule has 5 nitrogen and oxygen atoms in total. The van der Waals surface area contributed by atoms with Crippen LogP contribution in [0, 0.1) is 0 Å². The molecule has 0 spiro atoms. The van der Waals surface area contributed by atoms with Gasteiger partial charge in [0.25, 0.3) is 11.8 Å². The fraction of sp³-hybridized carbons (Fsp3) is 0.100. The van der Waals surface area contributed by atoms with Gasteiger partial charge < -0.3 is 15.4 Å². The molecule has 1 heterocycles. The second-order valence-corrected chi connectivity index (χ2v) is 7.01. The van der Waals surface area contributed by atoms with Crippen molar-refractivity contribution in [3.8, 4) is 5.75 Å². The summed E-state index contributed by atoms with van der Waals surface area (Å²) in [6, 6.07) is 15.7. The first kappa shape index (κ1) is 18.9. The van der Waals surface area contributed by atoms with Gasteiger partial charge in [-0.25, -0.2) is 0 Å².